The standard InChI is InChI=1S/C13H21NO5S/c1-18-10-5-8-14(9-11-19-2)20(16,17)13-7-4-3-6-12(13)15/h3-4,6-7,15H,5,8-11H2,1-2H3. The smallest absolute Gasteiger partial charge is 0.246 e. The summed E-state index contributed by atoms with van der Waals surface area (Å²) in [6.45, 7) is 1.31. The quantitative estimate of drug-likeness (QED) is 0.691. The van der Waals surface area contributed by atoms with E-state index in [4.69, 9.17) is 9.47 Å². The molecule has 1 aromatic carbocycles. The second-order valence-corrected chi connectivity index (χ2v) is 6.12. The van der Waals surface area contributed by atoms with Crippen LogP contribution in [0.2, 0.25) is 0 Å². The van der Waals surface area contributed by atoms with Gasteiger partial charge in [0.15, 0.2) is 0 Å². The summed E-state index contributed by atoms with van der Waals surface area (Å²) in [7, 11) is -0.656. The van der Waals surface area contributed by atoms with E-state index < -0.39 is 10.0 Å². The van der Waals surface area contributed by atoms with Gasteiger partial charge in [-0.05, 0) is 18.6 Å². The lowest BCUT2D eigenvalue weighted by atomic mass is 10.3. The molecule has 20 heavy (non-hydrogen) atoms. The third-order valence-electron chi connectivity index (χ3n) is 2.78. The molecule has 0 amide bonds. The molecule has 1 aromatic rings. The highest BCUT2D eigenvalue weighted by atomic mass is 32.2. The number of benzene rings is 1. The maximum atomic E-state index is 12.5. The van der Waals surface area contributed by atoms with Crippen LogP contribution in [0.15, 0.2) is 29.2 Å². The molecule has 0 saturated heterocycles. The van der Waals surface area contributed by atoms with Gasteiger partial charge in [0.25, 0.3) is 0 Å². The number of aromatic hydroxyl groups is 1. The van der Waals surface area contributed by atoms with Crippen LogP contribution in [0.1, 0.15) is 6.42 Å². The predicted molar refractivity (Wildman–Crippen MR) is 75.2 cm³/mol. The van der Waals surface area contributed by atoms with Gasteiger partial charge in [0, 0.05) is 33.9 Å². The van der Waals surface area contributed by atoms with Crippen LogP contribution in [0.3, 0.4) is 0 Å². The van der Waals surface area contributed by atoms with Gasteiger partial charge in [-0.3, -0.25) is 0 Å². The largest absolute Gasteiger partial charge is 0.507 e. The van der Waals surface area contributed by atoms with Gasteiger partial charge in [-0.25, -0.2) is 8.42 Å². The zero-order valence-electron chi connectivity index (χ0n) is 11.8. The van der Waals surface area contributed by atoms with Crippen molar-refractivity contribution in [2.75, 3.05) is 40.5 Å². The Kier molecular flexibility index (Phi) is 6.94. The minimum atomic E-state index is -3.74. The molecule has 0 atom stereocenters. The summed E-state index contributed by atoms with van der Waals surface area (Å²) >= 11 is 0. The second-order valence-electron chi connectivity index (χ2n) is 4.21. The van der Waals surface area contributed by atoms with E-state index >= 15 is 0 Å². The average molecular weight is 303 g/mol. The van der Waals surface area contributed by atoms with Gasteiger partial charge < -0.3 is 14.6 Å². The summed E-state index contributed by atoms with van der Waals surface area (Å²) in [5, 5.41) is 9.73. The van der Waals surface area contributed by atoms with Gasteiger partial charge in [0.1, 0.15) is 10.6 Å². The Bertz CT molecular complexity index is 503. The number of methoxy groups -OCH3 is 2. The monoisotopic (exact) mass is 303 g/mol. The Labute approximate surface area is 120 Å². The third-order valence-corrected chi connectivity index (χ3v) is 4.73. The molecule has 0 radical (unpaired) electrons. The van der Waals surface area contributed by atoms with Gasteiger partial charge in [0.05, 0.1) is 6.61 Å². The lowest BCUT2D eigenvalue weighted by Gasteiger charge is -2.22. The number of hydrogen-bond donors (Lipinski definition) is 1. The van der Waals surface area contributed by atoms with Gasteiger partial charge >= 0.3 is 0 Å². The SMILES string of the molecule is COCCCN(CCOC)S(=O)(=O)c1ccccc1O. The Hall–Kier alpha value is -1.15. The number of phenolic OH excluding ortho intramolecular Hbond substituents is 1. The molecule has 114 valence electrons. The Morgan fingerprint density at radius 3 is 2.35 bits per heavy atom. The van der Waals surface area contributed by atoms with Crippen molar-refractivity contribution in [3.63, 3.8) is 0 Å². The average Bonchev–Trinajstić information content (AvgIpc) is 2.42. The topological polar surface area (TPSA) is 76.1 Å². The number of sulfonamides is 1. The van der Waals surface area contributed by atoms with E-state index in [-0.39, 0.29) is 17.2 Å². The molecule has 0 aliphatic carbocycles. The van der Waals surface area contributed by atoms with Crippen LogP contribution >= 0.6 is 0 Å². The predicted octanol–water partition coefficient (Wildman–Crippen LogP) is 1.07. The van der Waals surface area contributed by atoms with Crippen LogP contribution in [0, 0.1) is 0 Å². The van der Waals surface area contributed by atoms with Crippen molar-refractivity contribution in [3.05, 3.63) is 24.3 Å². The summed E-state index contributed by atoms with van der Waals surface area (Å²) in [6, 6.07) is 5.91. The number of rotatable bonds is 9. The molecule has 0 spiro atoms. The van der Waals surface area contributed by atoms with E-state index in [9.17, 15) is 13.5 Å². The van der Waals surface area contributed by atoms with Crippen LogP contribution in [-0.2, 0) is 19.5 Å². The highest BCUT2D eigenvalue weighted by Crippen LogP contribution is 2.25. The minimum Gasteiger partial charge on any atom is -0.507 e. The number of para-hydroxylation sites is 1. The zero-order valence-corrected chi connectivity index (χ0v) is 12.6. The molecule has 0 heterocycles. The number of phenols is 1. The molecule has 0 fully saturated rings. The fourth-order valence-electron chi connectivity index (χ4n) is 1.74. The number of nitrogens with zero attached hydrogens (tertiary/aromatic N) is 1. The molecule has 0 aliphatic heterocycles. The van der Waals surface area contributed by atoms with Crippen molar-refractivity contribution in [1.29, 1.82) is 0 Å². The van der Waals surface area contributed by atoms with Crippen molar-refractivity contribution in [1.82, 2.24) is 4.31 Å². The summed E-state index contributed by atoms with van der Waals surface area (Å²) < 4.78 is 36.2. The molecule has 1 rings (SSSR count). The van der Waals surface area contributed by atoms with Gasteiger partial charge in [-0.15, -0.1) is 0 Å². The molecule has 0 unspecified atom stereocenters. The first-order valence-corrected chi connectivity index (χ1v) is 7.74. The molecule has 0 aliphatic rings. The van der Waals surface area contributed by atoms with Gasteiger partial charge in [-0.1, -0.05) is 12.1 Å². The van der Waals surface area contributed by atoms with Crippen LogP contribution in [0.4, 0.5) is 0 Å². The van der Waals surface area contributed by atoms with Crippen molar-refractivity contribution >= 4 is 10.0 Å². The number of hydrogen-bond acceptors (Lipinski definition) is 5. The van der Waals surface area contributed by atoms with E-state index in [2.05, 4.69) is 0 Å². The molecule has 6 nitrogen and oxygen atoms in total. The van der Waals surface area contributed by atoms with E-state index in [1.165, 1.54) is 23.5 Å². The van der Waals surface area contributed by atoms with Crippen LogP contribution in [-0.4, -0.2) is 58.4 Å². The van der Waals surface area contributed by atoms with Gasteiger partial charge in [0.2, 0.25) is 10.0 Å². The first-order valence-electron chi connectivity index (χ1n) is 6.30. The maximum Gasteiger partial charge on any atom is 0.246 e. The van der Waals surface area contributed by atoms with Crippen molar-refractivity contribution in [3.8, 4) is 5.75 Å². The highest BCUT2D eigenvalue weighted by Gasteiger charge is 2.26. The maximum absolute atomic E-state index is 12.5. The summed E-state index contributed by atoms with van der Waals surface area (Å²) in [4.78, 5) is -0.0893. The normalized spacial score (nSPS) is 11.9. The Balaban J connectivity index is 2.95. The van der Waals surface area contributed by atoms with E-state index in [1.807, 2.05) is 0 Å². The molecule has 1 N–H and O–H groups in total. The van der Waals surface area contributed by atoms with Crippen molar-refractivity contribution in [2.45, 2.75) is 11.3 Å². The second kappa shape index (κ2) is 8.21. The lowest BCUT2D eigenvalue weighted by Crippen LogP contribution is -2.35. The summed E-state index contributed by atoms with van der Waals surface area (Å²) in [6.07, 6.45) is 0.576. The first-order chi connectivity index (χ1) is 9.54. The van der Waals surface area contributed by atoms with Crippen LogP contribution in [0.25, 0.3) is 0 Å². The first kappa shape index (κ1) is 16.9. The van der Waals surface area contributed by atoms with E-state index in [0.717, 1.165) is 0 Å². The molecular formula is C13H21NO5S. The Morgan fingerprint density at radius 2 is 1.75 bits per heavy atom. The molecule has 0 saturated carbocycles. The van der Waals surface area contributed by atoms with Gasteiger partial charge in [-0.2, -0.15) is 4.31 Å². The lowest BCUT2D eigenvalue weighted by molar-refractivity contribution is 0.164. The van der Waals surface area contributed by atoms with E-state index in [0.29, 0.717) is 26.2 Å². The fraction of sp³-hybridized carbons (Fsp3) is 0.538. The highest BCUT2D eigenvalue weighted by molar-refractivity contribution is 7.89. The molecule has 0 bridgehead atoms. The molecular weight excluding hydrogens is 282 g/mol. The fourth-order valence-corrected chi connectivity index (χ4v) is 3.29. The summed E-state index contributed by atoms with van der Waals surface area (Å²) in [5.41, 5.74) is 0. The molecule has 0 aromatic heterocycles. The van der Waals surface area contributed by atoms with Crippen molar-refractivity contribution in [2.24, 2.45) is 0 Å². The third kappa shape index (κ3) is 4.45. The summed E-state index contributed by atoms with van der Waals surface area (Å²) in [5.74, 6) is -0.248. The minimum absolute atomic E-state index is 0.0893. The Morgan fingerprint density at radius 1 is 1.10 bits per heavy atom. The van der Waals surface area contributed by atoms with Crippen LogP contribution in [0.5, 0.6) is 5.75 Å². The van der Waals surface area contributed by atoms with Crippen LogP contribution < -0.4 is 0 Å². The number of ether oxygens (including phenoxy) is 2. The molecule has 7 heteroatoms. The zero-order chi connectivity index (χ0) is 15.0. The van der Waals surface area contributed by atoms with Crippen molar-refractivity contribution < 1.29 is 23.0 Å². The van der Waals surface area contributed by atoms with E-state index in [1.54, 1.807) is 19.2 Å².